The smallest absolute Gasteiger partial charge is 0.293 e. The molecular weight excluding hydrogens is 240 g/mol. The third-order valence-corrected chi connectivity index (χ3v) is 3.81. The highest BCUT2D eigenvalue weighted by molar-refractivity contribution is 5.30. The second-order valence-electron chi connectivity index (χ2n) is 5.76. The molecule has 19 heavy (non-hydrogen) atoms. The molecule has 3 N–H and O–H groups in total. The molecule has 1 heterocycles. The summed E-state index contributed by atoms with van der Waals surface area (Å²) in [7, 11) is 0. The zero-order valence-corrected chi connectivity index (χ0v) is 11.8. The molecule has 1 aliphatic carbocycles. The molecule has 5 nitrogen and oxygen atoms in total. The molecular formula is C14H24N4O. The van der Waals surface area contributed by atoms with Gasteiger partial charge in [0.1, 0.15) is 0 Å². The van der Waals surface area contributed by atoms with E-state index in [1.807, 2.05) is 13.8 Å². The van der Waals surface area contributed by atoms with E-state index in [1.54, 1.807) is 17.0 Å². The Balaban J connectivity index is 2.00. The lowest BCUT2D eigenvalue weighted by Crippen LogP contribution is -2.32. The Kier molecular flexibility index (Phi) is 4.58. The van der Waals surface area contributed by atoms with E-state index in [1.165, 1.54) is 12.8 Å². The molecule has 2 rings (SSSR count). The maximum absolute atomic E-state index is 12.2. The number of nitrogens with zero attached hydrogens (tertiary/aromatic N) is 2. The van der Waals surface area contributed by atoms with Crippen molar-refractivity contribution >= 4 is 5.82 Å². The van der Waals surface area contributed by atoms with Gasteiger partial charge in [0.05, 0.1) is 0 Å². The molecule has 0 bridgehead atoms. The summed E-state index contributed by atoms with van der Waals surface area (Å²) in [6.07, 6.45) is 7.95. The lowest BCUT2D eigenvalue weighted by Gasteiger charge is -2.26. The monoisotopic (exact) mass is 264 g/mol. The van der Waals surface area contributed by atoms with Gasteiger partial charge >= 0.3 is 0 Å². The van der Waals surface area contributed by atoms with Crippen LogP contribution < -0.4 is 16.6 Å². The standard InChI is InChI=1S/C14H24N4O/c1-10(2)18-7-6-16-13(14(18)19)17-9-11-4-3-5-12(15)8-11/h6-7,10-12H,3-5,8-9,15H2,1-2H3,(H,16,17). The summed E-state index contributed by atoms with van der Waals surface area (Å²) in [4.78, 5) is 16.3. The van der Waals surface area contributed by atoms with Gasteiger partial charge in [0.15, 0.2) is 5.82 Å². The Hall–Kier alpha value is -1.36. The number of hydrogen-bond donors (Lipinski definition) is 2. The van der Waals surface area contributed by atoms with Gasteiger partial charge in [-0.1, -0.05) is 6.42 Å². The molecule has 0 saturated heterocycles. The largest absolute Gasteiger partial charge is 0.365 e. The van der Waals surface area contributed by atoms with Crippen LogP contribution in [0.5, 0.6) is 0 Å². The van der Waals surface area contributed by atoms with Gasteiger partial charge in [-0.15, -0.1) is 0 Å². The minimum absolute atomic E-state index is 0.0439. The third-order valence-electron chi connectivity index (χ3n) is 3.81. The minimum atomic E-state index is -0.0439. The number of aromatic nitrogens is 2. The van der Waals surface area contributed by atoms with Crippen LogP contribution in [0.4, 0.5) is 5.82 Å². The molecule has 0 amide bonds. The van der Waals surface area contributed by atoms with E-state index in [0.29, 0.717) is 17.8 Å². The van der Waals surface area contributed by atoms with Crippen LogP contribution in [-0.4, -0.2) is 22.1 Å². The van der Waals surface area contributed by atoms with Crippen molar-refractivity contribution in [1.82, 2.24) is 9.55 Å². The van der Waals surface area contributed by atoms with Crippen LogP contribution in [0.15, 0.2) is 17.2 Å². The molecule has 1 fully saturated rings. The van der Waals surface area contributed by atoms with Crippen molar-refractivity contribution in [2.24, 2.45) is 11.7 Å². The predicted molar refractivity (Wildman–Crippen MR) is 77.3 cm³/mol. The fourth-order valence-electron chi connectivity index (χ4n) is 2.71. The Morgan fingerprint density at radius 1 is 1.53 bits per heavy atom. The van der Waals surface area contributed by atoms with Crippen LogP contribution in [0, 0.1) is 5.92 Å². The fraction of sp³-hybridized carbons (Fsp3) is 0.714. The van der Waals surface area contributed by atoms with Gasteiger partial charge < -0.3 is 15.6 Å². The summed E-state index contributed by atoms with van der Waals surface area (Å²) in [6, 6.07) is 0.468. The summed E-state index contributed by atoms with van der Waals surface area (Å²) in [6.45, 7) is 4.77. The molecule has 1 saturated carbocycles. The first kappa shape index (κ1) is 14.1. The summed E-state index contributed by atoms with van der Waals surface area (Å²) in [5.74, 6) is 1.01. The summed E-state index contributed by atoms with van der Waals surface area (Å²) in [5, 5.41) is 3.20. The van der Waals surface area contributed by atoms with Gasteiger partial charge in [0.2, 0.25) is 0 Å². The minimum Gasteiger partial charge on any atom is -0.365 e. The molecule has 0 spiro atoms. The third kappa shape index (κ3) is 3.56. The number of rotatable bonds is 4. The van der Waals surface area contributed by atoms with Gasteiger partial charge in [-0.3, -0.25) is 4.79 Å². The zero-order valence-electron chi connectivity index (χ0n) is 11.8. The highest BCUT2D eigenvalue weighted by Gasteiger charge is 2.19. The van der Waals surface area contributed by atoms with Gasteiger partial charge in [0, 0.05) is 31.0 Å². The van der Waals surface area contributed by atoms with E-state index in [-0.39, 0.29) is 11.6 Å². The van der Waals surface area contributed by atoms with Crippen molar-refractivity contribution in [2.75, 3.05) is 11.9 Å². The van der Waals surface area contributed by atoms with Crippen molar-refractivity contribution in [3.05, 3.63) is 22.7 Å². The number of hydrogen-bond acceptors (Lipinski definition) is 4. The summed E-state index contributed by atoms with van der Waals surface area (Å²) >= 11 is 0. The van der Waals surface area contributed by atoms with E-state index in [9.17, 15) is 4.79 Å². The predicted octanol–water partition coefficient (Wildman–Crippen LogP) is 1.75. The first-order valence-corrected chi connectivity index (χ1v) is 7.14. The van der Waals surface area contributed by atoms with Gasteiger partial charge in [-0.05, 0) is 39.0 Å². The number of anilines is 1. The fourth-order valence-corrected chi connectivity index (χ4v) is 2.71. The number of nitrogens with one attached hydrogen (secondary N) is 1. The second kappa shape index (κ2) is 6.19. The van der Waals surface area contributed by atoms with E-state index >= 15 is 0 Å². The van der Waals surface area contributed by atoms with Gasteiger partial charge in [0.25, 0.3) is 5.56 Å². The lowest BCUT2D eigenvalue weighted by atomic mass is 9.86. The molecule has 1 aromatic rings. The zero-order chi connectivity index (χ0) is 13.8. The van der Waals surface area contributed by atoms with E-state index < -0.39 is 0 Å². The quantitative estimate of drug-likeness (QED) is 0.869. The molecule has 5 heteroatoms. The summed E-state index contributed by atoms with van der Waals surface area (Å²) in [5.41, 5.74) is 5.93. The maximum Gasteiger partial charge on any atom is 0.293 e. The van der Waals surface area contributed by atoms with Gasteiger partial charge in [-0.25, -0.2) is 4.98 Å². The van der Waals surface area contributed by atoms with Crippen molar-refractivity contribution in [3.8, 4) is 0 Å². The second-order valence-corrected chi connectivity index (χ2v) is 5.76. The molecule has 1 aliphatic rings. The van der Waals surface area contributed by atoms with Crippen LogP contribution in [-0.2, 0) is 0 Å². The SMILES string of the molecule is CC(C)n1ccnc(NCC2CCCC(N)C2)c1=O. The topological polar surface area (TPSA) is 72.9 Å². The average molecular weight is 264 g/mol. The van der Waals surface area contributed by atoms with Crippen molar-refractivity contribution in [2.45, 2.75) is 51.6 Å². The van der Waals surface area contributed by atoms with Gasteiger partial charge in [-0.2, -0.15) is 0 Å². The first-order valence-electron chi connectivity index (χ1n) is 7.14. The summed E-state index contributed by atoms with van der Waals surface area (Å²) < 4.78 is 1.70. The van der Waals surface area contributed by atoms with Crippen LogP contribution in [0.2, 0.25) is 0 Å². The molecule has 0 aliphatic heterocycles. The van der Waals surface area contributed by atoms with E-state index in [0.717, 1.165) is 19.4 Å². The lowest BCUT2D eigenvalue weighted by molar-refractivity contribution is 0.334. The van der Waals surface area contributed by atoms with Crippen molar-refractivity contribution in [3.63, 3.8) is 0 Å². The van der Waals surface area contributed by atoms with Crippen LogP contribution in [0.3, 0.4) is 0 Å². The van der Waals surface area contributed by atoms with Crippen LogP contribution >= 0.6 is 0 Å². The maximum atomic E-state index is 12.2. The molecule has 2 atom stereocenters. The highest BCUT2D eigenvalue weighted by atomic mass is 16.1. The Morgan fingerprint density at radius 2 is 2.32 bits per heavy atom. The molecule has 2 unspecified atom stereocenters. The van der Waals surface area contributed by atoms with E-state index in [2.05, 4.69) is 10.3 Å². The van der Waals surface area contributed by atoms with E-state index in [4.69, 9.17) is 5.73 Å². The Labute approximate surface area is 114 Å². The highest BCUT2D eigenvalue weighted by Crippen LogP contribution is 2.22. The average Bonchev–Trinajstić information content (AvgIpc) is 2.37. The van der Waals surface area contributed by atoms with Crippen molar-refractivity contribution < 1.29 is 0 Å². The Morgan fingerprint density at radius 3 is 3.00 bits per heavy atom. The first-order chi connectivity index (χ1) is 9.08. The number of nitrogens with two attached hydrogens (primary N) is 1. The molecule has 0 aromatic carbocycles. The Bertz CT molecular complexity index is 469. The molecule has 106 valence electrons. The van der Waals surface area contributed by atoms with Crippen molar-refractivity contribution in [1.29, 1.82) is 0 Å². The normalized spacial score (nSPS) is 23.6. The molecule has 0 radical (unpaired) electrons. The molecule has 1 aromatic heterocycles. The van der Waals surface area contributed by atoms with Crippen LogP contribution in [0.1, 0.15) is 45.6 Å². The van der Waals surface area contributed by atoms with Crippen LogP contribution in [0.25, 0.3) is 0 Å².